The number of furan rings is 1. The Morgan fingerprint density at radius 3 is 2.59 bits per heavy atom. The summed E-state index contributed by atoms with van der Waals surface area (Å²) in [6, 6.07) is 12.8. The molecule has 1 aromatic carbocycles. The van der Waals surface area contributed by atoms with E-state index in [1.807, 2.05) is 12.1 Å². The van der Waals surface area contributed by atoms with E-state index in [0.29, 0.717) is 0 Å². The third-order valence-electron chi connectivity index (χ3n) is 2.75. The van der Waals surface area contributed by atoms with Crippen LogP contribution < -0.4 is 5.32 Å². The summed E-state index contributed by atoms with van der Waals surface area (Å²) in [5.74, 6) is 0. The molecule has 17 heavy (non-hydrogen) atoms. The van der Waals surface area contributed by atoms with Gasteiger partial charge in [-0.05, 0) is 40.5 Å². The Bertz CT molecular complexity index is 452. The van der Waals surface area contributed by atoms with Gasteiger partial charge in [-0.25, -0.2) is 0 Å². The smallest absolute Gasteiger partial charge is 0.173 e. The van der Waals surface area contributed by atoms with Crippen LogP contribution in [-0.4, -0.2) is 6.54 Å². The Balaban J connectivity index is 2.16. The van der Waals surface area contributed by atoms with E-state index in [2.05, 4.69) is 52.4 Å². The maximum absolute atomic E-state index is 5.31. The van der Waals surface area contributed by atoms with Crippen molar-refractivity contribution in [2.75, 3.05) is 6.54 Å². The quantitative estimate of drug-likeness (QED) is 0.903. The molecule has 0 bridgehead atoms. The van der Waals surface area contributed by atoms with E-state index >= 15 is 0 Å². The Morgan fingerprint density at radius 1 is 1.24 bits per heavy atom. The van der Waals surface area contributed by atoms with Gasteiger partial charge in [0.25, 0.3) is 0 Å². The van der Waals surface area contributed by atoms with Gasteiger partial charge in [-0.3, -0.25) is 0 Å². The van der Waals surface area contributed by atoms with Crippen molar-refractivity contribution in [3.05, 3.63) is 58.5 Å². The van der Waals surface area contributed by atoms with Gasteiger partial charge in [0.15, 0.2) is 4.67 Å². The molecule has 3 heteroatoms. The lowest BCUT2D eigenvalue weighted by Gasteiger charge is -2.17. The number of hydrogen-bond donors (Lipinski definition) is 1. The topological polar surface area (TPSA) is 25.2 Å². The van der Waals surface area contributed by atoms with Gasteiger partial charge in [0.05, 0.1) is 6.26 Å². The largest absolute Gasteiger partial charge is 0.457 e. The van der Waals surface area contributed by atoms with E-state index in [9.17, 15) is 0 Å². The number of halogens is 1. The van der Waals surface area contributed by atoms with Crippen molar-refractivity contribution in [2.24, 2.45) is 0 Å². The second kappa shape index (κ2) is 6.03. The van der Waals surface area contributed by atoms with Gasteiger partial charge < -0.3 is 9.73 Å². The Morgan fingerprint density at radius 2 is 2.00 bits per heavy atom. The summed E-state index contributed by atoms with van der Waals surface area (Å²) in [6.07, 6.45) is 2.68. The molecule has 2 aromatic rings. The molecule has 2 rings (SSSR count). The average molecular weight is 294 g/mol. The summed E-state index contributed by atoms with van der Waals surface area (Å²) >= 11 is 3.44. The van der Waals surface area contributed by atoms with E-state index in [0.717, 1.165) is 17.6 Å². The normalized spacial score (nSPS) is 12.6. The molecule has 1 N–H and O–H groups in total. The minimum atomic E-state index is 0.288. The molecular formula is C14H16BrNO. The molecule has 0 spiro atoms. The molecule has 0 aliphatic heterocycles. The van der Waals surface area contributed by atoms with E-state index < -0.39 is 0 Å². The fraction of sp³-hybridized carbons (Fsp3) is 0.286. The number of rotatable bonds is 5. The molecule has 2 nitrogen and oxygen atoms in total. The summed E-state index contributed by atoms with van der Waals surface area (Å²) < 4.78 is 6.13. The molecule has 1 atom stereocenters. The molecule has 0 aliphatic rings. The maximum atomic E-state index is 5.31. The van der Waals surface area contributed by atoms with Crippen LogP contribution in [0.25, 0.3) is 0 Å². The minimum absolute atomic E-state index is 0.288. The molecule has 0 saturated carbocycles. The lowest BCUT2D eigenvalue weighted by molar-refractivity contribution is 0.506. The summed E-state index contributed by atoms with van der Waals surface area (Å²) in [5, 5.41) is 3.48. The number of hydrogen-bond acceptors (Lipinski definition) is 2. The number of benzene rings is 1. The van der Waals surface area contributed by atoms with Crippen molar-refractivity contribution in [3.8, 4) is 0 Å². The Hall–Kier alpha value is -1.06. The third-order valence-corrected chi connectivity index (χ3v) is 3.40. The minimum Gasteiger partial charge on any atom is -0.457 e. The zero-order chi connectivity index (χ0) is 12.1. The van der Waals surface area contributed by atoms with Crippen molar-refractivity contribution in [3.63, 3.8) is 0 Å². The van der Waals surface area contributed by atoms with Gasteiger partial charge in [0.2, 0.25) is 0 Å². The molecule has 0 fully saturated rings. The van der Waals surface area contributed by atoms with Crippen molar-refractivity contribution in [2.45, 2.75) is 19.4 Å². The first kappa shape index (κ1) is 12.4. The van der Waals surface area contributed by atoms with Crippen LogP contribution in [0.2, 0.25) is 0 Å². The first-order chi connectivity index (χ1) is 8.31. The number of nitrogens with one attached hydrogen (secondary N) is 1. The lowest BCUT2D eigenvalue weighted by atomic mass is 10.0. The van der Waals surface area contributed by atoms with Gasteiger partial charge in [0, 0.05) is 11.6 Å². The highest BCUT2D eigenvalue weighted by molar-refractivity contribution is 9.10. The Kier molecular flexibility index (Phi) is 4.40. The van der Waals surface area contributed by atoms with E-state index in [1.165, 1.54) is 11.1 Å². The molecule has 1 aromatic heterocycles. The average Bonchev–Trinajstić information content (AvgIpc) is 2.76. The zero-order valence-corrected chi connectivity index (χ0v) is 11.4. The third kappa shape index (κ3) is 3.20. The summed E-state index contributed by atoms with van der Waals surface area (Å²) in [4.78, 5) is 0. The van der Waals surface area contributed by atoms with Gasteiger partial charge in [-0.2, -0.15) is 0 Å². The van der Waals surface area contributed by atoms with Crippen LogP contribution >= 0.6 is 15.9 Å². The molecule has 90 valence electrons. The fourth-order valence-electron chi connectivity index (χ4n) is 1.94. The molecule has 0 saturated heterocycles. The maximum Gasteiger partial charge on any atom is 0.173 e. The first-order valence-electron chi connectivity index (χ1n) is 5.81. The zero-order valence-electron chi connectivity index (χ0n) is 9.82. The van der Waals surface area contributed by atoms with Crippen LogP contribution in [0.1, 0.15) is 24.1 Å². The number of likely N-dealkylation sites (N-methyl/N-ethyl adjacent to an activating group) is 1. The molecule has 1 heterocycles. The summed E-state index contributed by atoms with van der Waals surface area (Å²) in [5.41, 5.74) is 2.50. The molecule has 1 unspecified atom stereocenters. The van der Waals surface area contributed by atoms with Crippen LogP contribution in [0, 0.1) is 0 Å². The van der Waals surface area contributed by atoms with E-state index in [-0.39, 0.29) is 6.04 Å². The SMILES string of the molecule is CCNC(Cc1ccccc1)c1ccoc1Br. The van der Waals surface area contributed by atoms with Crippen molar-refractivity contribution >= 4 is 15.9 Å². The standard InChI is InChI=1S/C14H16BrNO/c1-2-16-13(12-8-9-17-14(12)15)10-11-6-4-3-5-7-11/h3-9,13,16H,2,10H2,1H3. The highest BCUT2D eigenvalue weighted by atomic mass is 79.9. The summed E-state index contributed by atoms with van der Waals surface area (Å²) in [7, 11) is 0. The second-order valence-corrected chi connectivity index (χ2v) is 4.67. The summed E-state index contributed by atoms with van der Waals surface area (Å²) in [6.45, 7) is 3.06. The Labute approximate surface area is 110 Å². The van der Waals surface area contributed by atoms with Crippen LogP contribution in [-0.2, 0) is 6.42 Å². The van der Waals surface area contributed by atoms with Crippen LogP contribution in [0.5, 0.6) is 0 Å². The van der Waals surface area contributed by atoms with Gasteiger partial charge in [-0.15, -0.1) is 0 Å². The second-order valence-electron chi connectivity index (χ2n) is 3.95. The van der Waals surface area contributed by atoms with Crippen molar-refractivity contribution < 1.29 is 4.42 Å². The molecule has 0 amide bonds. The molecule has 0 radical (unpaired) electrons. The van der Waals surface area contributed by atoms with Gasteiger partial charge in [0.1, 0.15) is 0 Å². The molecular weight excluding hydrogens is 278 g/mol. The highest BCUT2D eigenvalue weighted by Crippen LogP contribution is 2.27. The predicted octanol–water partition coefficient (Wildman–Crippen LogP) is 3.94. The first-order valence-corrected chi connectivity index (χ1v) is 6.60. The monoisotopic (exact) mass is 293 g/mol. The van der Waals surface area contributed by atoms with Gasteiger partial charge in [-0.1, -0.05) is 37.3 Å². The van der Waals surface area contributed by atoms with Crippen molar-refractivity contribution in [1.82, 2.24) is 5.32 Å². The van der Waals surface area contributed by atoms with Crippen molar-refractivity contribution in [1.29, 1.82) is 0 Å². The fourth-order valence-corrected chi connectivity index (χ4v) is 2.46. The van der Waals surface area contributed by atoms with E-state index in [4.69, 9.17) is 4.42 Å². The van der Waals surface area contributed by atoms with Crippen LogP contribution in [0.4, 0.5) is 0 Å². The molecule has 0 aliphatic carbocycles. The lowest BCUT2D eigenvalue weighted by Crippen LogP contribution is -2.22. The van der Waals surface area contributed by atoms with Gasteiger partial charge >= 0.3 is 0 Å². The van der Waals surface area contributed by atoms with Crippen LogP contribution in [0.15, 0.2) is 51.7 Å². The van der Waals surface area contributed by atoms with E-state index in [1.54, 1.807) is 6.26 Å². The highest BCUT2D eigenvalue weighted by Gasteiger charge is 2.15. The van der Waals surface area contributed by atoms with Crippen LogP contribution in [0.3, 0.4) is 0 Å². The predicted molar refractivity (Wildman–Crippen MR) is 73.0 cm³/mol.